The van der Waals surface area contributed by atoms with Gasteiger partial charge in [-0.2, -0.15) is 4.31 Å². The third kappa shape index (κ3) is 5.41. The van der Waals surface area contributed by atoms with Gasteiger partial charge in [-0.1, -0.05) is 50.2 Å². The van der Waals surface area contributed by atoms with Crippen LogP contribution in [0.4, 0.5) is 0 Å². The van der Waals surface area contributed by atoms with Crippen molar-refractivity contribution >= 4 is 15.9 Å². The molecule has 0 aromatic heterocycles. The average Bonchev–Trinajstić information content (AvgIpc) is 3.47. The summed E-state index contributed by atoms with van der Waals surface area (Å²) in [5.74, 6) is 0.677. The van der Waals surface area contributed by atoms with E-state index < -0.39 is 10.0 Å². The molecule has 6 heteroatoms. The van der Waals surface area contributed by atoms with Gasteiger partial charge in [-0.15, -0.1) is 0 Å². The van der Waals surface area contributed by atoms with Crippen LogP contribution in [0.25, 0.3) is 0 Å². The fourth-order valence-electron chi connectivity index (χ4n) is 4.31. The lowest BCUT2D eigenvalue weighted by molar-refractivity contribution is -0.132. The van der Waals surface area contributed by atoms with Gasteiger partial charge in [-0.05, 0) is 66.8 Å². The zero-order valence-corrected chi connectivity index (χ0v) is 20.0. The molecule has 1 aliphatic carbocycles. The van der Waals surface area contributed by atoms with Crippen molar-refractivity contribution in [3.63, 3.8) is 0 Å². The molecule has 0 bridgehead atoms. The van der Waals surface area contributed by atoms with Gasteiger partial charge in [-0.3, -0.25) is 4.79 Å². The zero-order valence-electron chi connectivity index (χ0n) is 19.2. The summed E-state index contributed by atoms with van der Waals surface area (Å²) in [4.78, 5) is 15.4. The zero-order chi connectivity index (χ0) is 22.7. The third-order valence-electron chi connectivity index (χ3n) is 6.56. The summed E-state index contributed by atoms with van der Waals surface area (Å²) in [7, 11) is -3.39. The first-order valence-electron chi connectivity index (χ1n) is 11.8. The molecule has 0 atom stereocenters. The summed E-state index contributed by atoms with van der Waals surface area (Å²) in [6.45, 7) is 6.24. The first-order chi connectivity index (χ1) is 15.3. The monoisotopic (exact) mass is 454 g/mol. The number of carbonyl (C=O) groups is 1. The van der Waals surface area contributed by atoms with Crippen molar-refractivity contribution in [2.45, 2.75) is 75.8 Å². The Kier molecular flexibility index (Phi) is 7.01. The van der Waals surface area contributed by atoms with E-state index in [0.717, 1.165) is 31.2 Å². The SMILES string of the molecule is CC(C)c1ccc(CN(C(=O)CCc2ccc(S(=O)(=O)N3CCCC3)cc2)C2CC2)cc1. The quantitative estimate of drug-likeness (QED) is 0.551. The van der Waals surface area contributed by atoms with Gasteiger partial charge in [-0.25, -0.2) is 8.42 Å². The number of nitrogens with zero attached hydrogens (tertiary/aromatic N) is 2. The van der Waals surface area contributed by atoms with Crippen LogP contribution in [0.5, 0.6) is 0 Å². The molecule has 172 valence electrons. The molecule has 5 nitrogen and oxygen atoms in total. The topological polar surface area (TPSA) is 57.7 Å². The lowest BCUT2D eigenvalue weighted by atomic mass is 10.0. The predicted octanol–water partition coefficient (Wildman–Crippen LogP) is 4.72. The Morgan fingerprint density at radius 1 is 0.969 bits per heavy atom. The van der Waals surface area contributed by atoms with Gasteiger partial charge in [0.05, 0.1) is 4.90 Å². The molecule has 1 amide bonds. The standard InChI is InChI=1S/C26H34N2O3S/c1-20(2)23-10-5-22(6-11-23)19-28(24-12-13-24)26(29)16-9-21-7-14-25(15-8-21)32(30,31)27-17-3-4-18-27/h5-8,10-11,14-15,20,24H,3-4,9,12-13,16-19H2,1-2H3. The minimum atomic E-state index is -3.39. The molecule has 1 aliphatic heterocycles. The highest BCUT2D eigenvalue weighted by Crippen LogP contribution is 2.30. The van der Waals surface area contributed by atoms with Crippen molar-refractivity contribution in [1.29, 1.82) is 0 Å². The van der Waals surface area contributed by atoms with E-state index in [9.17, 15) is 13.2 Å². The van der Waals surface area contributed by atoms with Gasteiger partial charge in [0.25, 0.3) is 0 Å². The van der Waals surface area contributed by atoms with Gasteiger partial charge in [0.2, 0.25) is 15.9 Å². The maximum absolute atomic E-state index is 13.0. The molecule has 0 radical (unpaired) electrons. The van der Waals surface area contributed by atoms with Crippen LogP contribution >= 0.6 is 0 Å². The van der Waals surface area contributed by atoms with Crippen LogP contribution in [0.3, 0.4) is 0 Å². The highest BCUT2D eigenvalue weighted by atomic mass is 32.2. The van der Waals surface area contributed by atoms with Gasteiger partial charge in [0, 0.05) is 32.1 Å². The van der Waals surface area contributed by atoms with E-state index in [-0.39, 0.29) is 5.91 Å². The number of hydrogen-bond donors (Lipinski definition) is 0. The van der Waals surface area contributed by atoms with Crippen molar-refractivity contribution in [1.82, 2.24) is 9.21 Å². The normalized spacial score (nSPS) is 17.1. The first-order valence-corrected chi connectivity index (χ1v) is 13.3. The van der Waals surface area contributed by atoms with Crippen molar-refractivity contribution in [2.24, 2.45) is 0 Å². The fourth-order valence-corrected chi connectivity index (χ4v) is 5.83. The molecular formula is C26H34N2O3S. The molecule has 4 rings (SSSR count). The Bertz CT molecular complexity index is 1020. The second kappa shape index (κ2) is 9.75. The highest BCUT2D eigenvalue weighted by Gasteiger charge is 2.32. The molecule has 0 N–H and O–H groups in total. The minimum absolute atomic E-state index is 0.175. The molecule has 2 aromatic rings. The Morgan fingerprint density at radius 3 is 2.12 bits per heavy atom. The lowest BCUT2D eigenvalue weighted by Crippen LogP contribution is -2.32. The number of amides is 1. The van der Waals surface area contributed by atoms with E-state index >= 15 is 0 Å². The van der Waals surface area contributed by atoms with E-state index in [0.29, 0.717) is 49.3 Å². The predicted molar refractivity (Wildman–Crippen MR) is 127 cm³/mol. The van der Waals surface area contributed by atoms with Crippen LogP contribution in [-0.2, 0) is 27.8 Å². The highest BCUT2D eigenvalue weighted by molar-refractivity contribution is 7.89. The number of sulfonamides is 1. The summed E-state index contributed by atoms with van der Waals surface area (Å²) in [5, 5.41) is 0. The third-order valence-corrected chi connectivity index (χ3v) is 8.47. The second-order valence-corrected chi connectivity index (χ2v) is 11.3. The Balaban J connectivity index is 1.35. The van der Waals surface area contributed by atoms with Crippen LogP contribution in [-0.4, -0.2) is 42.7 Å². The maximum Gasteiger partial charge on any atom is 0.243 e. The van der Waals surface area contributed by atoms with Crippen molar-refractivity contribution < 1.29 is 13.2 Å². The van der Waals surface area contributed by atoms with Crippen LogP contribution in [0.15, 0.2) is 53.4 Å². The Labute approximate surface area is 192 Å². The van der Waals surface area contributed by atoms with Gasteiger partial charge < -0.3 is 4.90 Å². The van der Waals surface area contributed by atoms with E-state index in [1.165, 1.54) is 11.1 Å². The number of benzene rings is 2. The second-order valence-electron chi connectivity index (χ2n) is 9.40. The summed E-state index contributed by atoms with van der Waals surface area (Å²) >= 11 is 0. The molecule has 1 saturated heterocycles. The van der Waals surface area contributed by atoms with Gasteiger partial charge in [0.15, 0.2) is 0 Å². The molecule has 2 aliphatic rings. The number of hydrogen-bond acceptors (Lipinski definition) is 3. The largest absolute Gasteiger partial charge is 0.335 e. The lowest BCUT2D eigenvalue weighted by Gasteiger charge is -2.23. The van der Waals surface area contributed by atoms with Crippen LogP contribution < -0.4 is 0 Å². The van der Waals surface area contributed by atoms with Crippen molar-refractivity contribution in [3.05, 3.63) is 65.2 Å². The smallest absolute Gasteiger partial charge is 0.243 e. The van der Waals surface area contributed by atoms with E-state index in [4.69, 9.17) is 0 Å². The molecule has 0 spiro atoms. The number of aryl methyl sites for hydroxylation is 1. The summed E-state index contributed by atoms with van der Waals surface area (Å²) in [6.07, 6.45) is 5.09. The van der Waals surface area contributed by atoms with Crippen LogP contribution in [0.1, 0.15) is 68.6 Å². The van der Waals surface area contributed by atoms with Gasteiger partial charge in [0.1, 0.15) is 0 Å². The molecule has 0 unspecified atom stereocenters. The summed E-state index contributed by atoms with van der Waals surface area (Å²) < 4.78 is 26.9. The minimum Gasteiger partial charge on any atom is -0.335 e. The molecule has 2 aromatic carbocycles. The average molecular weight is 455 g/mol. The van der Waals surface area contributed by atoms with Crippen molar-refractivity contribution in [3.8, 4) is 0 Å². The molecule has 2 fully saturated rings. The summed E-state index contributed by atoms with van der Waals surface area (Å²) in [6, 6.07) is 16.0. The molecule has 1 saturated carbocycles. The van der Waals surface area contributed by atoms with Crippen molar-refractivity contribution in [2.75, 3.05) is 13.1 Å². The Hall–Kier alpha value is -2.18. The van der Waals surface area contributed by atoms with Gasteiger partial charge >= 0.3 is 0 Å². The summed E-state index contributed by atoms with van der Waals surface area (Å²) in [5.41, 5.74) is 3.48. The van der Waals surface area contributed by atoms with E-state index in [1.807, 2.05) is 17.0 Å². The molecular weight excluding hydrogens is 420 g/mol. The number of rotatable bonds is 9. The van der Waals surface area contributed by atoms with E-state index in [2.05, 4.69) is 38.1 Å². The van der Waals surface area contributed by atoms with E-state index in [1.54, 1.807) is 16.4 Å². The van der Waals surface area contributed by atoms with Crippen LogP contribution in [0.2, 0.25) is 0 Å². The Morgan fingerprint density at radius 2 is 1.56 bits per heavy atom. The molecule has 1 heterocycles. The fraction of sp³-hybridized carbons (Fsp3) is 0.500. The maximum atomic E-state index is 13.0. The molecule has 32 heavy (non-hydrogen) atoms. The van der Waals surface area contributed by atoms with Crippen LogP contribution in [0, 0.1) is 0 Å². The number of carbonyl (C=O) groups excluding carboxylic acids is 1. The first kappa shape index (κ1) is 23.0.